The second-order valence-electron chi connectivity index (χ2n) is 4.20. The molecule has 0 aliphatic heterocycles. The molecule has 1 nitrogen and oxygen atoms in total. The maximum atomic E-state index is 12.8. The summed E-state index contributed by atoms with van der Waals surface area (Å²) in [6.07, 6.45) is 4.08. The topological polar surface area (TPSA) is 20.2 Å². The average Bonchev–Trinajstić information content (AvgIpc) is 2.97. The lowest BCUT2D eigenvalue weighted by atomic mass is 10.0. The predicted octanol–water partition coefficient (Wildman–Crippen LogP) is 3.65. The van der Waals surface area contributed by atoms with Gasteiger partial charge in [0.25, 0.3) is 0 Å². The monoisotopic (exact) mass is 320 g/mol. The minimum Gasteiger partial charge on any atom is -0.388 e. The Morgan fingerprint density at radius 2 is 2.20 bits per heavy atom. The van der Waals surface area contributed by atoms with E-state index in [1.807, 2.05) is 0 Å². The van der Waals surface area contributed by atoms with E-state index in [9.17, 15) is 9.50 Å². The number of hydrogen-bond acceptors (Lipinski definition) is 1. The van der Waals surface area contributed by atoms with Crippen LogP contribution in [0.1, 0.15) is 37.4 Å². The summed E-state index contributed by atoms with van der Waals surface area (Å²) in [4.78, 5) is 0. The Morgan fingerprint density at radius 3 is 2.80 bits per heavy atom. The first kappa shape index (κ1) is 11.3. The van der Waals surface area contributed by atoms with Crippen LogP contribution in [0.15, 0.2) is 18.2 Å². The maximum absolute atomic E-state index is 12.8. The molecule has 0 radical (unpaired) electrons. The van der Waals surface area contributed by atoms with E-state index >= 15 is 0 Å². The molecule has 0 spiro atoms. The molecule has 0 aromatic heterocycles. The summed E-state index contributed by atoms with van der Waals surface area (Å²) < 4.78 is 13.7. The third-order valence-electron chi connectivity index (χ3n) is 2.87. The smallest absolute Gasteiger partial charge is 0.124 e. The number of aliphatic hydroxyl groups excluding tert-OH is 1. The van der Waals surface area contributed by atoms with E-state index in [1.54, 1.807) is 6.07 Å². The number of hydrogen-bond donors (Lipinski definition) is 1. The third-order valence-corrected chi connectivity index (χ3v) is 3.80. The van der Waals surface area contributed by atoms with Crippen LogP contribution in [0.25, 0.3) is 0 Å². The Kier molecular flexibility index (Phi) is 3.61. The Hall–Kier alpha value is -0.160. The van der Waals surface area contributed by atoms with Crippen molar-refractivity contribution in [3.05, 3.63) is 33.1 Å². The zero-order valence-electron chi connectivity index (χ0n) is 8.42. The van der Waals surface area contributed by atoms with Gasteiger partial charge in [-0.25, -0.2) is 4.39 Å². The summed E-state index contributed by atoms with van der Waals surface area (Å²) >= 11 is 2.07. The van der Waals surface area contributed by atoms with E-state index in [1.165, 1.54) is 25.0 Å². The molecule has 15 heavy (non-hydrogen) atoms. The lowest BCUT2D eigenvalue weighted by molar-refractivity contribution is 0.161. The van der Waals surface area contributed by atoms with Crippen LogP contribution < -0.4 is 0 Å². The van der Waals surface area contributed by atoms with E-state index < -0.39 is 6.10 Å². The second-order valence-corrected chi connectivity index (χ2v) is 5.36. The molecule has 1 saturated carbocycles. The number of rotatable bonds is 4. The van der Waals surface area contributed by atoms with Gasteiger partial charge in [-0.15, -0.1) is 0 Å². The van der Waals surface area contributed by atoms with Gasteiger partial charge in [-0.05, 0) is 59.0 Å². The van der Waals surface area contributed by atoms with Crippen LogP contribution >= 0.6 is 22.6 Å². The van der Waals surface area contributed by atoms with Gasteiger partial charge in [0.1, 0.15) is 5.82 Å². The van der Waals surface area contributed by atoms with Crippen molar-refractivity contribution in [1.82, 2.24) is 0 Å². The van der Waals surface area contributed by atoms with E-state index in [0.29, 0.717) is 0 Å². The molecular formula is C12H14FIO. The lowest BCUT2D eigenvalue weighted by Crippen LogP contribution is -2.01. The van der Waals surface area contributed by atoms with Crippen LogP contribution in [-0.4, -0.2) is 5.11 Å². The molecule has 1 aliphatic rings. The van der Waals surface area contributed by atoms with E-state index in [-0.39, 0.29) is 5.82 Å². The highest BCUT2D eigenvalue weighted by atomic mass is 127. The Bertz CT molecular complexity index is 349. The van der Waals surface area contributed by atoms with Gasteiger partial charge in [0.15, 0.2) is 0 Å². The van der Waals surface area contributed by atoms with Crippen molar-refractivity contribution >= 4 is 22.6 Å². The van der Waals surface area contributed by atoms with Crippen LogP contribution in [0.5, 0.6) is 0 Å². The lowest BCUT2D eigenvalue weighted by Gasteiger charge is -2.12. The predicted molar refractivity (Wildman–Crippen MR) is 66.0 cm³/mol. The second kappa shape index (κ2) is 4.78. The van der Waals surface area contributed by atoms with Crippen molar-refractivity contribution in [2.75, 3.05) is 0 Å². The highest BCUT2D eigenvalue weighted by Crippen LogP contribution is 2.36. The fourth-order valence-corrected chi connectivity index (χ4v) is 2.56. The molecule has 1 aliphatic carbocycles. The Labute approximate surface area is 103 Å². The summed E-state index contributed by atoms with van der Waals surface area (Å²) in [7, 11) is 0. The van der Waals surface area contributed by atoms with Crippen LogP contribution in [0.3, 0.4) is 0 Å². The van der Waals surface area contributed by atoms with Crippen LogP contribution in [0.2, 0.25) is 0 Å². The largest absolute Gasteiger partial charge is 0.388 e. The number of aliphatic hydroxyl groups is 1. The van der Waals surface area contributed by atoms with Crippen molar-refractivity contribution in [2.24, 2.45) is 5.92 Å². The molecular weight excluding hydrogens is 306 g/mol. The van der Waals surface area contributed by atoms with Crippen LogP contribution in [0, 0.1) is 15.3 Å². The summed E-state index contributed by atoms with van der Waals surface area (Å²) in [5, 5.41) is 9.94. The molecule has 1 unspecified atom stereocenters. The van der Waals surface area contributed by atoms with Crippen molar-refractivity contribution in [1.29, 1.82) is 0 Å². The zero-order chi connectivity index (χ0) is 10.8. The van der Waals surface area contributed by atoms with Crippen molar-refractivity contribution in [2.45, 2.75) is 31.8 Å². The molecule has 1 N–H and O–H groups in total. The van der Waals surface area contributed by atoms with Gasteiger partial charge in [0, 0.05) is 3.57 Å². The molecule has 0 heterocycles. The fraction of sp³-hybridized carbons (Fsp3) is 0.500. The maximum Gasteiger partial charge on any atom is 0.124 e. The summed E-state index contributed by atoms with van der Waals surface area (Å²) in [6.45, 7) is 0. The SMILES string of the molecule is OC(CCC1CC1)c1ccc(F)cc1I. The first-order valence-corrected chi connectivity index (χ1v) is 6.37. The van der Waals surface area contributed by atoms with E-state index in [0.717, 1.165) is 27.9 Å². The van der Waals surface area contributed by atoms with E-state index in [2.05, 4.69) is 22.6 Å². The normalized spacial score (nSPS) is 17.8. The molecule has 3 heteroatoms. The molecule has 1 fully saturated rings. The molecule has 0 bridgehead atoms. The van der Waals surface area contributed by atoms with Gasteiger partial charge in [0.2, 0.25) is 0 Å². The highest BCUT2D eigenvalue weighted by molar-refractivity contribution is 14.1. The molecule has 1 aromatic carbocycles. The first-order chi connectivity index (χ1) is 7.16. The molecule has 0 amide bonds. The van der Waals surface area contributed by atoms with Crippen molar-refractivity contribution in [3.8, 4) is 0 Å². The summed E-state index contributed by atoms with van der Waals surface area (Å²) in [5.41, 5.74) is 0.859. The van der Waals surface area contributed by atoms with Crippen LogP contribution in [-0.2, 0) is 0 Å². The third kappa shape index (κ3) is 3.14. The van der Waals surface area contributed by atoms with Crippen LogP contribution in [0.4, 0.5) is 4.39 Å². The van der Waals surface area contributed by atoms with Crippen molar-refractivity contribution in [3.63, 3.8) is 0 Å². The van der Waals surface area contributed by atoms with Crippen molar-refractivity contribution < 1.29 is 9.50 Å². The van der Waals surface area contributed by atoms with Gasteiger partial charge in [-0.1, -0.05) is 18.9 Å². The zero-order valence-corrected chi connectivity index (χ0v) is 10.6. The highest BCUT2D eigenvalue weighted by Gasteiger charge is 2.22. The quantitative estimate of drug-likeness (QED) is 0.840. The van der Waals surface area contributed by atoms with Gasteiger partial charge in [0.05, 0.1) is 6.10 Å². The molecule has 82 valence electrons. The first-order valence-electron chi connectivity index (χ1n) is 5.30. The summed E-state index contributed by atoms with van der Waals surface area (Å²) in [5.74, 6) is 0.593. The fourth-order valence-electron chi connectivity index (χ4n) is 1.73. The number of benzene rings is 1. The molecule has 0 saturated heterocycles. The van der Waals surface area contributed by atoms with Gasteiger partial charge in [-0.2, -0.15) is 0 Å². The van der Waals surface area contributed by atoms with Gasteiger partial charge >= 0.3 is 0 Å². The molecule has 2 rings (SSSR count). The van der Waals surface area contributed by atoms with E-state index in [4.69, 9.17) is 0 Å². The van der Waals surface area contributed by atoms with Gasteiger partial charge < -0.3 is 5.11 Å². The van der Waals surface area contributed by atoms with Gasteiger partial charge in [-0.3, -0.25) is 0 Å². The Morgan fingerprint density at radius 1 is 1.47 bits per heavy atom. The number of halogens is 2. The standard InChI is InChI=1S/C12H14FIO/c13-9-4-5-10(11(14)7-9)12(15)6-3-8-1-2-8/h4-5,7-8,12,15H,1-3,6H2. The minimum absolute atomic E-state index is 0.238. The molecule has 1 atom stereocenters. The summed E-state index contributed by atoms with van der Waals surface area (Å²) in [6, 6.07) is 4.57. The Balaban J connectivity index is 1.99. The minimum atomic E-state index is -0.432. The average molecular weight is 320 g/mol. The molecule has 1 aromatic rings.